The standard InChI is InChI=1S/C15H12FN3O/c1-9-7-12(16)4-5-13(9)11-3-6-14(17-8-11)15-19-18-10(2)20-15/h3-8H,1-2H3. The van der Waals surface area contributed by atoms with Gasteiger partial charge in [0.2, 0.25) is 5.89 Å². The zero-order chi connectivity index (χ0) is 14.1. The van der Waals surface area contributed by atoms with E-state index in [4.69, 9.17) is 4.42 Å². The molecule has 5 heteroatoms. The monoisotopic (exact) mass is 269 g/mol. The molecule has 3 rings (SSSR count). The van der Waals surface area contributed by atoms with Crippen LogP contribution in [-0.4, -0.2) is 15.2 Å². The molecule has 0 saturated carbocycles. The highest BCUT2D eigenvalue weighted by Crippen LogP contribution is 2.25. The topological polar surface area (TPSA) is 51.8 Å². The molecule has 100 valence electrons. The highest BCUT2D eigenvalue weighted by Gasteiger charge is 2.09. The third kappa shape index (κ3) is 2.30. The lowest BCUT2D eigenvalue weighted by atomic mass is 10.0. The van der Waals surface area contributed by atoms with Crippen LogP contribution < -0.4 is 0 Å². The summed E-state index contributed by atoms with van der Waals surface area (Å²) >= 11 is 0. The van der Waals surface area contributed by atoms with Crippen molar-refractivity contribution in [3.8, 4) is 22.7 Å². The maximum atomic E-state index is 13.1. The minimum atomic E-state index is -0.239. The molecule has 0 atom stereocenters. The Bertz CT molecular complexity index is 750. The zero-order valence-corrected chi connectivity index (χ0v) is 11.1. The van der Waals surface area contributed by atoms with Crippen molar-refractivity contribution in [2.45, 2.75) is 13.8 Å². The number of hydrogen-bond donors (Lipinski definition) is 0. The van der Waals surface area contributed by atoms with Crippen molar-refractivity contribution in [1.29, 1.82) is 0 Å². The van der Waals surface area contributed by atoms with Crippen molar-refractivity contribution >= 4 is 0 Å². The van der Waals surface area contributed by atoms with E-state index < -0.39 is 0 Å². The summed E-state index contributed by atoms with van der Waals surface area (Å²) in [6, 6.07) is 8.41. The van der Waals surface area contributed by atoms with Crippen molar-refractivity contribution < 1.29 is 8.81 Å². The summed E-state index contributed by atoms with van der Waals surface area (Å²) in [5, 5.41) is 7.69. The van der Waals surface area contributed by atoms with E-state index in [9.17, 15) is 4.39 Å². The lowest BCUT2D eigenvalue weighted by Crippen LogP contribution is -1.88. The summed E-state index contributed by atoms with van der Waals surface area (Å²) in [6.07, 6.45) is 1.72. The van der Waals surface area contributed by atoms with Crippen LogP contribution >= 0.6 is 0 Å². The Morgan fingerprint density at radius 3 is 2.50 bits per heavy atom. The molecule has 0 radical (unpaired) electrons. The summed E-state index contributed by atoms with van der Waals surface area (Å²) in [5.74, 6) is 0.655. The molecule has 0 aliphatic heterocycles. The SMILES string of the molecule is Cc1nnc(-c2ccc(-c3ccc(F)cc3C)cn2)o1. The van der Waals surface area contributed by atoms with Gasteiger partial charge < -0.3 is 4.42 Å². The maximum Gasteiger partial charge on any atom is 0.266 e. The fourth-order valence-electron chi connectivity index (χ4n) is 2.03. The van der Waals surface area contributed by atoms with Gasteiger partial charge in [-0.15, -0.1) is 10.2 Å². The first-order valence-corrected chi connectivity index (χ1v) is 6.16. The average molecular weight is 269 g/mol. The second kappa shape index (κ2) is 4.85. The number of nitrogens with zero attached hydrogens (tertiary/aromatic N) is 3. The predicted octanol–water partition coefficient (Wildman–Crippen LogP) is 3.55. The van der Waals surface area contributed by atoms with Crippen LogP contribution in [0.2, 0.25) is 0 Å². The largest absolute Gasteiger partial charge is 0.420 e. The van der Waals surface area contributed by atoms with Crippen molar-refractivity contribution in [2.24, 2.45) is 0 Å². The molecule has 1 aromatic carbocycles. The van der Waals surface area contributed by atoms with Gasteiger partial charge in [-0.1, -0.05) is 12.1 Å². The fourth-order valence-corrected chi connectivity index (χ4v) is 2.03. The minimum absolute atomic E-state index is 0.239. The molecule has 0 spiro atoms. The highest BCUT2D eigenvalue weighted by molar-refractivity contribution is 5.67. The van der Waals surface area contributed by atoms with Crippen LogP contribution in [0.1, 0.15) is 11.5 Å². The first-order chi connectivity index (χ1) is 9.63. The van der Waals surface area contributed by atoms with Crippen LogP contribution in [0.15, 0.2) is 40.9 Å². The highest BCUT2D eigenvalue weighted by atomic mass is 19.1. The Hall–Kier alpha value is -2.56. The number of hydrogen-bond acceptors (Lipinski definition) is 4. The fraction of sp³-hybridized carbons (Fsp3) is 0.133. The van der Waals surface area contributed by atoms with E-state index >= 15 is 0 Å². The molecule has 0 amide bonds. The first kappa shape index (κ1) is 12.5. The van der Waals surface area contributed by atoms with Gasteiger partial charge in [0.15, 0.2) is 0 Å². The van der Waals surface area contributed by atoms with Crippen molar-refractivity contribution in [3.05, 3.63) is 53.8 Å². The van der Waals surface area contributed by atoms with Crippen molar-refractivity contribution in [1.82, 2.24) is 15.2 Å². The number of aromatic nitrogens is 3. The Labute approximate surface area is 115 Å². The molecule has 0 unspecified atom stereocenters. The van der Waals surface area contributed by atoms with Gasteiger partial charge in [-0.2, -0.15) is 0 Å². The zero-order valence-electron chi connectivity index (χ0n) is 11.1. The van der Waals surface area contributed by atoms with Crippen LogP contribution in [0.25, 0.3) is 22.7 Å². The third-order valence-electron chi connectivity index (χ3n) is 3.01. The molecule has 0 aliphatic carbocycles. The molecule has 0 saturated heterocycles. The van der Waals surface area contributed by atoms with Gasteiger partial charge in [-0.05, 0) is 36.2 Å². The molecule has 3 aromatic rings. The van der Waals surface area contributed by atoms with Gasteiger partial charge in [0.25, 0.3) is 5.89 Å². The van der Waals surface area contributed by atoms with Gasteiger partial charge >= 0.3 is 0 Å². The summed E-state index contributed by atoms with van der Waals surface area (Å²) in [6.45, 7) is 3.60. The lowest BCUT2D eigenvalue weighted by molar-refractivity contribution is 0.531. The number of pyridine rings is 1. The van der Waals surface area contributed by atoms with Crippen molar-refractivity contribution in [3.63, 3.8) is 0 Å². The molecule has 0 fully saturated rings. The van der Waals surface area contributed by atoms with Gasteiger partial charge in [0.05, 0.1) is 0 Å². The van der Waals surface area contributed by atoms with Crippen LogP contribution in [0, 0.1) is 19.7 Å². The molecular weight excluding hydrogens is 257 g/mol. The van der Waals surface area contributed by atoms with Crippen LogP contribution in [0.3, 0.4) is 0 Å². The Balaban J connectivity index is 1.97. The molecule has 0 aliphatic rings. The number of rotatable bonds is 2. The first-order valence-electron chi connectivity index (χ1n) is 6.16. The van der Waals surface area contributed by atoms with E-state index in [1.807, 2.05) is 19.1 Å². The Kier molecular flexibility index (Phi) is 3.02. The second-order valence-corrected chi connectivity index (χ2v) is 4.52. The van der Waals surface area contributed by atoms with Crippen LogP contribution in [0.4, 0.5) is 4.39 Å². The third-order valence-corrected chi connectivity index (χ3v) is 3.01. The van der Waals surface area contributed by atoms with E-state index in [1.54, 1.807) is 19.2 Å². The van der Waals surface area contributed by atoms with Crippen LogP contribution in [-0.2, 0) is 0 Å². The molecule has 0 N–H and O–H groups in total. The van der Waals surface area contributed by atoms with Gasteiger partial charge in [-0.25, -0.2) is 4.39 Å². The van der Waals surface area contributed by atoms with Gasteiger partial charge in [0, 0.05) is 18.7 Å². The molecule has 20 heavy (non-hydrogen) atoms. The van der Waals surface area contributed by atoms with E-state index in [-0.39, 0.29) is 5.82 Å². The van der Waals surface area contributed by atoms with Gasteiger partial charge in [-0.3, -0.25) is 4.98 Å². The number of benzene rings is 1. The number of aryl methyl sites for hydroxylation is 2. The molecule has 2 heterocycles. The van der Waals surface area contributed by atoms with Crippen LogP contribution in [0.5, 0.6) is 0 Å². The van der Waals surface area contributed by atoms with Gasteiger partial charge in [0.1, 0.15) is 11.5 Å². The maximum absolute atomic E-state index is 13.1. The normalized spacial score (nSPS) is 10.8. The lowest BCUT2D eigenvalue weighted by Gasteiger charge is -2.06. The predicted molar refractivity (Wildman–Crippen MR) is 72.4 cm³/mol. The van der Waals surface area contributed by atoms with E-state index in [0.717, 1.165) is 16.7 Å². The Morgan fingerprint density at radius 2 is 1.90 bits per heavy atom. The van der Waals surface area contributed by atoms with E-state index in [0.29, 0.717) is 17.5 Å². The summed E-state index contributed by atoms with van der Waals surface area (Å²) in [7, 11) is 0. The quantitative estimate of drug-likeness (QED) is 0.713. The van der Waals surface area contributed by atoms with Crippen molar-refractivity contribution in [2.75, 3.05) is 0 Å². The Morgan fingerprint density at radius 1 is 1.05 bits per heavy atom. The molecular formula is C15H12FN3O. The molecule has 0 bridgehead atoms. The molecule has 4 nitrogen and oxygen atoms in total. The minimum Gasteiger partial charge on any atom is -0.420 e. The number of halogens is 1. The molecule has 2 aromatic heterocycles. The summed E-state index contributed by atoms with van der Waals surface area (Å²) in [4.78, 5) is 4.31. The average Bonchev–Trinajstić information content (AvgIpc) is 2.86. The summed E-state index contributed by atoms with van der Waals surface area (Å²) < 4.78 is 18.4. The summed E-state index contributed by atoms with van der Waals surface area (Å²) in [5.41, 5.74) is 3.36. The smallest absolute Gasteiger partial charge is 0.266 e. The second-order valence-electron chi connectivity index (χ2n) is 4.52. The van der Waals surface area contributed by atoms with E-state index in [1.165, 1.54) is 12.1 Å². The van der Waals surface area contributed by atoms with E-state index in [2.05, 4.69) is 15.2 Å².